The number of hydrogen-bond donors (Lipinski definition) is 3. The molecule has 0 radical (unpaired) electrons. The minimum atomic E-state index is -0.519. The number of hydrogen-bond acceptors (Lipinski definition) is 2. The first kappa shape index (κ1) is 19.2. The Morgan fingerprint density at radius 1 is 1.17 bits per heavy atom. The molecule has 0 saturated carbocycles. The number of amides is 2. The van der Waals surface area contributed by atoms with Crippen LogP contribution in [0.2, 0.25) is 0 Å². The van der Waals surface area contributed by atoms with Crippen molar-refractivity contribution < 1.29 is 14.0 Å². The summed E-state index contributed by atoms with van der Waals surface area (Å²) in [4.78, 5) is 28.0. The molecule has 6 heteroatoms. The number of aryl methyl sites for hydroxylation is 1. The summed E-state index contributed by atoms with van der Waals surface area (Å²) in [7, 11) is 0. The topological polar surface area (TPSA) is 74.0 Å². The summed E-state index contributed by atoms with van der Waals surface area (Å²) in [5.74, 6) is -0.582. The standard InChI is InChI=1S/C23H24FN3O2/c1-23(2)13-25-22(29)21(23)27-19(28)12-11-17-16-5-3-4-6-18(16)26-20(17)14-7-9-15(24)10-8-14/h3-10,21,26H,11-13H2,1-2H3,(H,25,29)(H,27,28). The highest BCUT2D eigenvalue weighted by molar-refractivity contribution is 5.92. The van der Waals surface area contributed by atoms with Crippen molar-refractivity contribution in [2.75, 3.05) is 6.54 Å². The number of benzene rings is 2. The Morgan fingerprint density at radius 2 is 1.90 bits per heavy atom. The number of carbonyl (C=O) groups excluding carboxylic acids is 2. The second kappa shape index (κ2) is 7.35. The van der Waals surface area contributed by atoms with Crippen LogP contribution < -0.4 is 10.6 Å². The number of rotatable bonds is 5. The smallest absolute Gasteiger partial charge is 0.243 e. The molecule has 1 unspecified atom stereocenters. The van der Waals surface area contributed by atoms with Gasteiger partial charge in [-0.3, -0.25) is 9.59 Å². The first-order chi connectivity index (χ1) is 13.8. The average Bonchev–Trinajstić information content (AvgIpc) is 3.19. The first-order valence-electron chi connectivity index (χ1n) is 9.78. The van der Waals surface area contributed by atoms with Gasteiger partial charge in [-0.1, -0.05) is 32.0 Å². The molecular weight excluding hydrogens is 369 g/mol. The molecule has 0 bridgehead atoms. The Morgan fingerprint density at radius 3 is 2.59 bits per heavy atom. The molecule has 29 heavy (non-hydrogen) atoms. The lowest BCUT2D eigenvalue weighted by molar-refractivity contribution is -0.128. The van der Waals surface area contributed by atoms with Gasteiger partial charge in [-0.05, 0) is 47.9 Å². The summed E-state index contributed by atoms with van der Waals surface area (Å²) in [5, 5.41) is 6.73. The molecule has 2 heterocycles. The highest BCUT2D eigenvalue weighted by Crippen LogP contribution is 2.31. The third-order valence-electron chi connectivity index (χ3n) is 5.62. The van der Waals surface area contributed by atoms with Gasteiger partial charge in [0, 0.05) is 35.0 Å². The van der Waals surface area contributed by atoms with Gasteiger partial charge in [-0.2, -0.15) is 0 Å². The predicted octanol–water partition coefficient (Wildman–Crippen LogP) is 3.55. The van der Waals surface area contributed by atoms with Crippen LogP contribution in [0.15, 0.2) is 48.5 Å². The van der Waals surface area contributed by atoms with E-state index < -0.39 is 6.04 Å². The van der Waals surface area contributed by atoms with Crippen molar-refractivity contribution in [3.63, 3.8) is 0 Å². The molecule has 1 fully saturated rings. The largest absolute Gasteiger partial charge is 0.354 e. The van der Waals surface area contributed by atoms with E-state index in [0.29, 0.717) is 13.0 Å². The van der Waals surface area contributed by atoms with E-state index >= 15 is 0 Å². The fourth-order valence-electron chi connectivity index (χ4n) is 3.93. The fourth-order valence-corrected chi connectivity index (χ4v) is 3.93. The number of H-pyrrole nitrogens is 1. The highest BCUT2D eigenvalue weighted by atomic mass is 19.1. The van der Waals surface area contributed by atoms with Crippen molar-refractivity contribution in [1.82, 2.24) is 15.6 Å². The number of aromatic nitrogens is 1. The van der Waals surface area contributed by atoms with E-state index in [4.69, 9.17) is 0 Å². The molecule has 0 aliphatic carbocycles. The van der Waals surface area contributed by atoms with Crippen molar-refractivity contribution >= 4 is 22.7 Å². The van der Waals surface area contributed by atoms with E-state index in [-0.39, 0.29) is 29.5 Å². The summed E-state index contributed by atoms with van der Waals surface area (Å²) in [6.07, 6.45) is 0.771. The maximum absolute atomic E-state index is 13.4. The van der Waals surface area contributed by atoms with Gasteiger partial charge in [0.2, 0.25) is 11.8 Å². The van der Waals surface area contributed by atoms with E-state index in [0.717, 1.165) is 27.7 Å². The molecule has 1 saturated heterocycles. The lowest BCUT2D eigenvalue weighted by Gasteiger charge is -2.24. The van der Waals surface area contributed by atoms with Gasteiger partial charge in [0.15, 0.2) is 0 Å². The molecule has 150 valence electrons. The Hall–Kier alpha value is -3.15. The monoisotopic (exact) mass is 393 g/mol. The van der Waals surface area contributed by atoms with Crippen LogP contribution in [-0.2, 0) is 16.0 Å². The molecule has 2 amide bonds. The van der Waals surface area contributed by atoms with Gasteiger partial charge in [-0.25, -0.2) is 4.39 Å². The Bertz CT molecular complexity index is 1070. The van der Waals surface area contributed by atoms with E-state index in [1.165, 1.54) is 12.1 Å². The number of fused-ring (bicyclic) bond motifs is 1. The maximum Gasteiger partial charge on any atom is 0.243 e. The maximum atomic E-state index is 13.4. The van der Waals surface area contributed by atoms with Crippen molar-refractivity contribution in [3.05, 3.63) is 59.9 Å². The molecule has 0 spiro atoms. The number of aromatic amines is 1. The lowest BCUT2D eigenvalue weighted by Crippen LogP contribution is -2.46. The van der Waals surface area contributed by atoms with Crippen LogP contribution in [0.25, 0.3) is 22.2 Å². The van der Waals surface area contributed by atoms with Crippen molar-refractivity contribution in [3.8, 4) is 11.3 Å². The van der Waals surface area contributed by atoms with Gasteiger partial charge in [0.25, 0.3) is 0 Å². The second-order valence-corrected chi connectivity index (χ2v) is 8.24. The Labute approximate surface area is 168 Å². The molecule has 1 aromatic heterocycles. The number of halogens is 1. The van der Waals surface area contributed by atoms with E-state index in [1.54, 1.807) is 12.1 Å². The Kier molecular flexibility index (Phi) is 4.86. The summed E-state index contributed by atoms with van der Waals surface area (Å²) in [6, 6.07) is 13.7. The van der Waals surface area contributed by atoms with Crippen LogP contribution in [0, 0.1) is 11.2 Å². The van der Waals surface area contributed by atoms with Gasteiger partial charge in [-0.15, -0.1) is 0 Å². The van der Waals surface area contributed by atoms with Crippen LogP contribution in [0.1, 0.15) is 25.8 Å². The van der Waals surface area contributed by atoms with Gasteiger partial charge in [0.05, 0.1) is 0 Å². The summed E-state index contributed by atoms with van der Waals surface area (Å²) < 4.78 is 13.4. The number of nitrogens with one attached hydrogen (secondary N) is 3. The number of carbonyl (C=O) groups is 2. The molecular formula is C23H24FN3O2. The predicted molar refractivity (Wildman–Crippen MR) is 111 cm³/mol. The van der Waals surface area contributed by atoms with Gasteiger partial charge in [0.1, 0.15) is 11.9 Å². The molecule has 1 atom stereocenters. The SMILES string of the molecule is CC1(C)CNC(=O)C1NC(=O)CCc1c(-c2ccc(F)cc2)[nH]c2ccccc12. The normalized spacial score (nSPS) is 18.0. The van der Waals surface area contributed by atoms with Crippen LogP contribution in [0.5, 0.6) is 0 Å². The second-order valence-electron chi connectivity index (χ2n) is 8.24. The zero-order valence-electron chi connectivity index (χ0n) is 16.5. The van der Waals surface area contributed by atoms with Crippen molar-refractivity contribution in [1.29, 1.82) is 0 Å². The lowest BCUT2D eigenvalue weighted by atomic mass is 9.87. The zero-order valence-corrected chi connectivity index (χ0v) is 16.5. The minimum absolute atomic E-state index is 0.137. The molecule has 3 N–H and O–H groups in total. The van der Waals surface area contributed by atoms with E-state index in [1.807, 2.05) is 38.1 Å². The molecule has 4 rings (SSSR count). The summed E-state index contributed by atoms with van der Waals surface area (Å²) >= 11 is 0. The quantitative estimate of drug-likeness (QED) is 0.620. The third-order valence-corrected chi connectivity index (χ3v) is 5.62. The zero-order chi connectivity index (χ0) is 20.6. The van der Waals surface area contributed by atoms with Crippen molar-refractivity contribution in [2.45, 2.75) is 32.7 Å². The minimum Gasteiger partial charge on any atom is -0.354 e. The molecule has 1 aliphatic heterocycles. The number of para-hydroxylation sites is 1. The summed E-state index contributed by atoms with van der Waals surface area (Å²) in [5.41, 5.74) is 3.43. The average molecular weight is 393 g/mol. The fraction of sp³-hybridized carbons (Fsp3) is 0.304. The molecule has 2 aromatic carbocycles. The molecule has 1 aliphatic rings. The van der Waals surface area contributed by atoms with Crippen LogP contribution in [0.4, 0.5) is 4.39 Å². The van der Waals surface area contributed by atoms with Gasteiger partial charge >= 0.3 is 0 Å². The van der Waals surface area contributed by atoms with Gasteiger partial charge < -0.3 is 15.6 Å². The van der Waals surface area contributed by atoms with E-state index in [9.17, 15) is 14.0 Å². The van der Waals surface area contributed by atoms with Crippen molar-refractivity contribution in [2.24, 2.45) is 5.41 Å². The summed E-state index contributed by atoms with van der Waals surface area (Å²) in [6.45, 7) is 4.47. The highest BCUT2D eigenvalue weighted by Gasteiger charge is 2.42. The first-order valence-corrected chi connectivity index (χ1v) is 9.78. The third kappa shape index (κ3) is 3.75. The van der Waals surface area contributed by atoms with Crippen LogP contribution in [-0.4, -0.2) is 29.4 Å². The van der Waals surface area contributed by atoms with Crippen LogP contribution in [0.3, 0.4) is 0 Å². The Balaban J connectivity index is 1.57. The molecule has 5 nitrogen and oxygen atoms in total. The molecule has 3 aromatic rings. The van der Waals surface area contributed by atoms with Crippen LogP contribution >= 0.6 is 0 Å². The van der Waals surface area contributed by atoms with E-state index in [2.05, 4.69) is 15.6 Å².